The van der Waals surface area contributed by atoms with Crippen LogP contribution >= 0.6 is 11.8 Å². The molecule has 0 saturated heterocycles. The molecule has 2 unspecified atom stereocenters. The van der Waals surface area contributed by atoms with Crippen molar-refractivity contribution in [2.24, 2.45) is 5.92 Å². The molecule has 7 heteroatoms. The zero-order valence-electron chi connectivity index (χ0n) is 11.5. The summed E-state index contributed by atoms with van der Waals surface area (Å²) in [5.74, 6) is 1.43. The number of nitrogen functional groups attached to an aromatic ring is 1. The second-order valence-electron chi connectivity index (χ2n) is 5.46. The van der Waals surface area contributed by atoms with Crippen LogP contribution in [0.4, 0.5) is 5.95 Å². The predicted molar refractivity (Wildman–Crippen MR) is 76.9 cm³/mol. The molecule has 0 bridgehead atoms. The number of Topliss-reactive ketones (excluding diaryl/α,β-unsaturated/α-hetero) is 1. The molecule has 1 aliphatic heterocycles. The van der Waals surface area contributed by atoms with E-state index in [1.54, 1.807) is 0 Å². The highest BCUT2D eigenvalue weighted by atomic mass is 32.2. The van der Waals surface area contributed by atoms with Crippen molar-refractivity contribution < 1.29 is 9.78 Å². The molecule has 1 aromatic rings. The summed E-state index contributed by atoms with van der Waals surface area (Å²) in [5, 5.41) is 10.8. The van der Waals surface area contributed by atoms with Gasteiger partial charge in [0.05, 0.1) is 5.75 Å². The number of aromatic amines is 2. The molecule has 5 N–H and O–H groups in total. The van der Waals surface area contributed by atoms with Crippen molar-refractivity contribution >= 4 is 23.5 Å². The Bertz CT molecular complexity index is 553. The standard InChI is InChI=1S/C13H19N5OS/c1-7-11(8-4-2-3-5-9(8)15-7)10(19)6-20-13-16-12(14)17-18-13/h8-9,15H,2-6H2,1H3,(H3,14,16,17,18)/p+1. The molecule has 1 saturated carbocycles. The summed E-state index contributed by atoms with van der Waals surface area (Å²) in [7, 11) is 0. The molecular weight excluding hydrogens is 274 g/mol. The number of aromatic nitrogens is 3. The number of rotatable bonds is 4. The minimum atomic E-state index is 0.212. The zero-order valence-corrected chi connectivity index (χ0v) is 12.3. The maximum absolute atomic E-state index is 12.5. The summed E-state index contributed by atoms with van der Waals surface area (Å²) >= 11 is 1.39. The lowest BCUT2D eigenvalue weighted by Crippen LogP contribution is -2.32. The number of anilines is 1. The maximum atomic E-state index is 12.5. The van der Waals surface area contributed by atoms with Gasteiger partial charge in [-0.3, -0.25) is 4.79 Å². The van der Waals surface area contributed by atoms with Crippen molar-refractivity contribution in [3.63, 3.8) is 0 Å². The fourth-order valence-corrected chi connectivity index (χ4v) is 3.98. The summed E-state index contributed by atoms with van der Waals surface area (Å²) in [6, 6.07) is 0.472. The van der Waals surface area contributed by atoms with E-state index in [1.165, 1.54) is 31.0 Å². The lowest BCUT2D eigenvalue weighted by Gasteiger charge is -2.26. The van der Waals surface area contributed by atoms with Gasteiger partial charge in [-0.2, -0.15) is 0 Å². The number of fused-ring (bicyclic) bond motifs is 1. The minimum absolute atomic E-state index is 0.212. The number of carbonyl (C=O) groups excluding carboxylic acids is 1. The SMILES string of the molecule is CC1=C(C(=O)CSc2n[nH]c(N)[nH+]2)C2CCCCC2N1. The molecule has 2 atom stereocenters. The first kappa shape index (κ1) is 13.5. The molecule has 1 aromatic heterocycles. The molecule has 20 heavy (non-hydrogen) atoms. The number of nitrogens with two attached hydrogens (primary N) is 1. The van der Waals surface area contributed by atoms with Gasteiger partial charge in [-0.05, 0) is 19.8 Å². The van der Waals surface area contributed by atoms with E-state index >= 15 is 0 Å². The smallest absolute Gasteiger partial charge is 0.338 e. The van der Waals surface area contributed by atoms with Gasteiger partial charge in [0.1, 0.15) is 0 Å². The molecule has 1 fully saturated rings. The average molecular weight is 294 g/mol. The number of thioether (sulfide) groups is 1. The van der Waals surface area contributed by atoms with Crippen molar-refractivity contribution in [1.29, 1.82) is 0 Å². The first-order chi connectivity index (χ1) is 9.65. The molecule has 0 radical (unpaired) electrons. The monoisotopic (exact) mass is 294 g/mol. The van der Waals surface area contributed by atoms with E-state index in [2.05, 4.69) is 20.5 Å². The van der Waals surface area contributed by atoms with E-state index in [1.807, 2.05) is 6.92 Å². The number of hydrogen-bond donors (Lipinski definition) is 3. The number of H-pyrrole nitrogens is 2. The van der Waals surface area contributed by atoms with Gasteiger partial charge in [-0.15, -0.1) is 5.10 Å². The number of carbonyl (C=O) groups is 1. The Morgan fingerprint density at radius 1 is 1.50 bits per heavy atom. The fraction of sp³-hybridized carbons (Fsp3) is 0.615. The van der Waals surface area contributed by atoms with Crippen LogP contribution in [0.15, 0.2) is 16.4 Å². The fourth-order valence-electron chi connectivity index (χ4n) is 3.26. The third-order valence-corrected chi connectivity index (χ3v) is 4.98. The van der Waals surface area contributed by atoms with Gasteiger partial charge in [0.15, 0.2) is 5.78 Å². The first-order valence-corrected chi connectivity index (χ1v) is 8.00. The summed E-state index contributed by atoms with van der Waals surface area (Å²) in [4.78, 5) is 15.4. The molecule has 0 aromatic carbocycles. The Morgan fingerprint density at radius 3 is 3.05 bits per heavy atom. The van der Waals surface area contributed by atoms with E-state index in [4.69, 9.17) is 5.73 Å². The molecule has 2 heterocycles. The Hall–Kier alpha value is -1.50. The van der Waals surface area contributed by atoms with Crippen molar-refractivity contribution in [2.45, 2.75) is 43.8 Å². The van der Waals surface area contributed by atoms with E-state index in [0.29, 0.717) is 28.8 Å². The van der Waals surface area contributed by atoms with Crippen molar-refractivity contribution in [3.8, 4) is 0 Å². The van der Waals surface area contributed by atoms with Gasteiger partial charge in [-0.1, -0.05) is 24.6 Å². The van der Waals surface area contributed by atoms with E-state index in [-0.39, 0.29) is 5.78 Å². The van der Waals surface area contributed by atoms with Crippen LogP contribution in [0.1, 0.15) is 32.6 Å². The molecule has 108 valence electrons. The third kappa shape index (κ3) is 2.54. The molecule has 0 spiro atoms. The van der Waals surface area contributed by atoms with E-state index in [0.717, 1.165) is 17.7 Å². The maximum Gasteiger partial charge on any atom is 0.338 e. The largest absolute Gasteiger partial charge is 0.385 e. The highest BCUT2D eigenvalue weighted by molar-refractivity contribution is 7.99. The molecule has 6 nitrogen and oxygen atoms in total. The Labute approximate surface area is 122 Å². The Balaban J connectivity index is 1.65. The number of ketones is 1. The second-order valence-corrected chi connectivity index (χ2v) is 6.42. The summed E-state index contributed by atoms with van der Waals surface area (Å²) in [6.45, 7) is 2.02. The lowest BCUT2D eigenvalue weighted by molar-refractivity contribution is -0.410. The van der Waals surface area contributed by atoms with Crippen LogP contribution in [-0.2, 0) is 4.79 Å². The van der Waals surface area contributed by atoms with Gasteiger partial charge >= 0.3 is 5.95 Å². The van der Waals surface area contributed by atoms with Gasteiger partial charge in [0, 0.05) is 28.3 Å². The van der Waals surface area contributed by atoms with Gasteiger partial charge in [0.2, 0.25) is 0 Å². The quantitative estimate of drug-likeness (QED) is 0.717. The van der Waals surface area contributed by atoms with Gasteiger partial charge in [0.25, 0.3) is 5.16 Å². The van der Waals surface area contributed by atoms with Crippen LogP contribution in [-0.4, -0.2) is 27.8 Å². The average Bonchev–Trinajstić information content (AvgIpc) is 2.98. The van der Waals surface area contributed by atoms with Crippen molar-refractivity contribution in [2.75, 3.05) is 11.5 Å². The number of hydrogen-bond acceptors (Lipinski definition) is 5. The summed E-state index contributed by atoms with van der Waals surface area (Å²) in [5.41, 5.74) is 7.60. The molecule has 0 amide bonds. The molecular formula is C13H20N5OS+. The number of nitrogens with one attached hydrogen (secondary N) is 3. The Kier molecular flexibility index (Phi) is 3.69. The predicted octanol–water partition coefficient (Wildman–Crippen LogP) is 0.903. The van der Waals surface area contributed by atoms with Crippen LogP contribution in [0.2, 0.25) is 0 Å². The van der Waals surface area contributed by atoms with E-state index < -0.39 is 0 Å². The molecule has 2 aliphatic rings. The van der Waals surface area contributed by atoms with Crippen molar-refractivity contribution in [3.05, 3.63) is 11.3 Å². The highest BCUT2D eigenvalue weighted by Gasteiger charge is 2.37. The van der Waals surface area contributed by atoms with Gasteiger partial charge < -0.3 is 11.1 Å². The second kappa shape index (κ2) is 5.47. The summed E-state index contributed by atoms with van der Waals surface area (Å²) < 4.78 is 0. The minimum Gasteiger partial charge on any atom is -0.385 e. The number of allylic oxidation sites excluding steroid dienone is 1. The molecule has 1 aliphatic carbocycles. The van der Waals surface area contributed by atoms with E-state index in [9.17, 15) is 4.79 Å². The lowest BCUT2D eigenvalue weighted by atomic mass is 9.81. The normalized spacial score (nSPS) is 25.4. The third-order valence-electron chi connectivity index (χ3n) is 4.10. The number of nitrogens with zero attached hydrogens (tertiary/aromatic N) is 1. The zero-order chi connectivity index (χ0) is 14.1. The summed E-state index contributed by atoms with van der Waals surface area (Å²) in [6.07, 6.45) is 4.79. The van der Waals surface area contributed by atoms with Crippen molar-refractivity contribution in [1.82, 2.24) is 15.5 Å². The van der Waals surface area contributed by atoms with Crippen LogP contribution in [0.3, 0.4) is 0 Å². The first-order valence-electron chi connectivity index (χ1n) is 7.01. The highest BCUT2D eigenvalue weighted by Crippen LogP contribution is 2.37. The van der Waals surface area contributed by atoms with Crippen LogP contribution in [0, 0.1) is 5.92 Å². The van der Waals surface area contributed by atoms with Crippen LogP contribution < -0.4 is 16.0 Å². The van der Waals surface area contributed by atoms with Crippen LogP contribution in [0.5, 0.6) is 0 Å². The molecule has 3 rings (SSSR count). The Morgan fingerprint density at radius 2 is 2.30 bits per heavy atom. The topological polar surface area (TPSA) is 97.9 Å². The van der Waals surface area contributed by atoms with Crippen LogP contribution in [0.25, 0.3) is 0 Å². The van der Waals surface area contributed by atoms with Gasteiger partial charge in [-0.25, -0.2) is 4.98 Å².